The summed E-state index contributed by atoms with van der Waals surface area (Å²) in [5.74, 6) is 0.275. The fourth-order valence-corrected chi connectivity index (χ4v) is 4.87. The highest BCUT2D eigenvalue weighted by Crippen LogP contribution is 2.60. The molecule has 3 aliphatic rings. The molecule has 3 aromatic rings. The first-order valence-electron chi connectivity index (χ1n) is 10.2. The van der Waals surface area contributed by atoms with Crippen molar-refractivity contribution in [1.82, 2.24) is 15.6 Å². The Balaban J connectivity index is 1.12. The molecule has 3 fully saturated rings. The topological polar surface area (TPSA) is 80.3 Å². The monoisotopic (exact) mass is 435 g/mol. The lowest BCUT2D eigenvalue weighted by Crippen LogP contribution is -2.84. The van der Waals surface area contributed by atoms with Crippen molar-refractivity contribution in [1.29, 1.82) is 0 Å². The van der Waals surface area contributed by atoms with Crippen LogP contribution in [0.4, 0.5) is 0 Å². The van der Waals surface area contributed by atoms with Crippen molar-refractivity contribution < 1.29 is 14.3 Å². The normalized spacial score (nSPS) is 23.4. The Bertz CT molecular complexity index is 1190. The third-order valence-corrected chi connectivity index (χ3v) is 6.60. The summed E-state index contributed by atoms with van der Waals surface area (Å²) in [6.45, 7) is 1.83. The maximum Gasteiger partial charge on any atom is 0.270 e. The first-order valence-corrected chi connectivity index (χ1v) is 10.6. The average Bonchev–Trinajstić information content (AvgIpc) is 2.71. The van der Waals surface area contributed by atoms with Crippen LogP contribution in [-0.4, -0.2) is 34.5 Å². The summed E-state index contributed by atoms with van der Waals surface area (Å²) in [4.78, 5) is 29.3. The average molecular weight is 436 g/mol. The third-order valence-electron chi connectivity index (χ3n) is 6.18. The summed E-state index contributed by atoms with van der Waals surface area (Å²) in [6.07, 6.45) is 3.90. The number of halogens is 1. The van der Waals surface area contributed by atoms with Gasteiger partial charge < -0.3 is 15.4 Å². The molecule has 2 bridgehead atoms. The van der Waals surface area contributed by atoms with Gasteiger partial charge >= 0.3 is 0 Å². The summed E-state index contributed by atoms with van der Waals surface area (Å²) >= 11 is 6.01. The van der Waals surface area contributed by atoms with Gasteiger partial charge in [-0.15, -0.1) is 0 Å². The lowest BCUT2D eigenvalue weighted by molar-refractivity contribution is -0.141. The van der Waals surface area contributed by atoms with Crippen molar-refractivity contribution in [2.45, 2.75) is 37.3 Å². The highest BCUT2D eigenvalue weighted by Gasteiger charge is 2.69. The number of carbonyl (C=O) groups excluding carboxylic acids is 2. The summed E-state index contributed by atoms with van der Waals surface area (Å²) in [5.41, 5.74) is 0.831. The van der Waals surface area contributed by atoms with Gasteiger partial charge in [0.15, 0.2) is 6.61 Å². The van der Waals surface area contributed by atoms with Crippen molar-refractivity contribution in [3.63, 3.8) is 0 Å². The maximum absolute atomic E-state index is 12.7. The smallest absolute Gasteiger partial charge is 0.270 e. The van der Waals surface area contributed by atoms with E-state index in [9.17, 15) is 9.59 Å². The van der Waals surface area contributed by atoms with E-state index >= 15 is 0 Å². The number of rotatable bonds is 6. The second kappa shape index (κ2) is 7.24. The fraction of sp³-hybridized carbons (Fsp3) is 0.292. The molecule has 2 N–H and O–H groups in total. The molecule has 0 atom stereocenters. The van der Waals surface area contributed by atoms with Gasteiger partial charge in [0.1, 0.15) is 11.4 Å². The lowest BCUT2D eigenvalue weighted by atomic mass is 9.44. The zero-order valence-electron chi connectivity index (χ0n) is 17.1. The number of hydrogen-bond acceptors (Lipinski definition) is 4. The van der Waals surface area contributed by atoms with Gasteiger partial charge in [-0.05, 0) is 61.4 Å². The predicted octanol–water partition coefficient (Wildman–Crippen LogP) is 3.80. The van der Waals surface area contributed by atoms with Gasteiger partial charge in [0.25, 0.3) is 11.8 Å². The summed E-state index contributed by atoms with van der Waals surface area (Å²) in [6, 6.07) is 14.9. The van der Waals surface area contributed by atoms with E-state index in [4.69, 9.17) is 16.3 Å². The lowest BCUT2D eigenvalue weighted by Gasteiger charge is -2.70. The Hall–Kier alpha value is -3.12. The summed E-state index contributed by atoms with van der Waals surface area (Å²) in [7, 11) is 0. The fourth-order valence-electron chi connectivity index (χ4n) is 4.75. The molecule has 31 heavy (non-hydrogen) atoms. The maximum atomic E-state index is 12.7. The molecule has 6 rings (SSSR count). The van der Waals surface area contributed by atoms with Crippen molar-refractivity contribution in [2.75, 3.05) is 6.61 Å². The second-order valence-corrected chi connectivity index (χ2v) is 9.12. The van der Waals surface area contributed by atoms with Crippen LogP contribution in [0.2, 0.25) is 5.02 Å². The Morgan fingerprint density at radius 1 is 1.03 bits per heavy atom. The minimum atomic E-state index is -0.244. The highest BCUT2D eigenvalue weighted by atomic mass is 35.5. The second-order valence-electron chi connectivity index (χ2n) is 8.71. The molecule has 0 spiro atoms. The highest BCUT2D eigenvalue weighted by molar-refractivity contribution is 6.31. The number of nitrogens with one attached hydrogen (secondary N) is 2. The molecule has 0 radical (unpaired) electrons. The predicted molar refractivity (Wildman–Crippen MR) is 118 cm³/mol. The molecule has 0 saturated heterocycles. The number of aryl methyl sites for hydroxylation is 1. The van der Waals surface area contributed by atoms with Gasteiger partial charge in [0, 0.05) is 27.7 Å². The molecular weight excluding hydrogens is 414 g/mol. The van der Waals surface area contributed by atoms with E-state index in [0.717, 1.165) is 35.6 Å². The van der Waals surface area contributed by atoms with E-state index in [2.05, 4.69) is 15.6 Å². The summed E-state index contributed by atoms with van der Waals surface area (Å²) in [5, 5.41) is 8.82. The van der Waals surface area contributed by atoms with Crippen LogP contribution in [0.1, 0.15) is 35.3 Å². The number of benzene rings is 2. The Morgan fingerprint density at radius 2 is 1.74 bits per heavy atom. The quantitative estimate of drug-likeness (QED) is 0.617. The number of hydrogen-bond donors (Lipinski definition) is 2. The third kappa shape index (κ3) is 3.72. The van der Waals surface area contributed by atoms with E-state index in [1.54, 1.807) is 18.3 Å². The van der Waals surface area contributed by atoms with Crippen LogP contribution >= 0.6 is 11.6 Å². The largest absolute Gasteiger partial charge is 0.484 e. The van der Waals surface area contributed by atoms with Crippen LogP contribution in [-0.2, 0) is 4.79 Å². The van der Waals surface area contributed by atoms with E-state index in [0.29, 0.717) is 16.5 Å². The Morgan fingerprint density at radius 3 is 2.48 bits per heavy atom. The van der Waals surface area contributed by atoms with Crippen molar-refractivity contribution in [3.8, 4) is 5.75 Å². The minimum Gasteiger partial charge on any atom is -0.484 e. The number of pyridine rings is 1. The van der Waals surface area contributed by atoms with Crippen LogP contribution in [0, 0.1) is 6.92 Å². The van der Waals surface area contributed by atoms with Gasteiger partial charge in [-0.3, -0.25) is 14.6 Å². The molecule has 1 aromatic heterocycles. The standard InChI is InChI=1S/C24H22ClN3O3/c1-15-8-18(6-7-19(15)25)31-11-21(29)27-23-12-24(13-23,14-23)28-22(30)20-9-16-4-2-3-5-17(16)10-26-20/h2-10H,11-14H2,1H3,(H,27,29)(H,28,30). The van der Waals surface area contributed by atoms with E-state index in [1.807, 2.05) is 43.3 Å². The van der Waals surface area contributed by atoms with Gasteiger partial charge in [-0.2, -0.15) is 0 Å². The number of carbonyl (C=O) groups is 2. The number of aromatic nitrogens is 1. The molecular formula is C24H22ClN3O3. The van der Waals surface area contributed by atoms with E-state index in [1.165, 1.54) is 0 Å². The summed E-state index contributed by atoms with van der Waals surface area (Å²) < 4.78 is 5.57. The Kier molecular flexibility index (Phi) is 4.63. The van der Waals surface area contributed by atoms with E-state index < -0.39 is 0 Å². The molecule has 1 heterocycles. The molecule has 2 amide bonds. The first-order chi connectivity index (χ1) is 14.9. The first kappa shape index (κ1) is 19.8. The van der Waals surface area contributed by atoms with Gasteiger partial charge in [0.05, 0.1) is 0 Å². The SMILES string of the molecule is Cc1cc(OCC(=O)NC23CC(NC(=O)c4cc5ccccc5cn4)(C2)C3)ccc1Cl. The van der Waals surface area contributed by atoms with Gasteiger partial charge in [0.2, 0.25) is 0 Å². The van der Waals surface area contributed by atoms with Gasteiger partial charge in [-0.25, -0.2) is 0 Å². The van der Waals surface area contributed by atoms with Crippen LogP contribution in [0.3, 0.4) is 0 Å². The zero-order valence-corrected chi connectivity index (χ0v) is 17.8. The van der Waals surface area contributed by atoms with Crippen LogP contribution < -0.4 is 15.4 Å². The van der Waals surface area contributed by atoms with Crippen molar-refractivity contribution in [3.05, 3.63) is 71.0 Å². The van der Waals surface area contributed by atoms with Crippen LogP contribution in [0.15, 0.2) is 54.7 Å². The molecule has 0 aliphatic heterocycles. The molecule has 3 aliphatic carbocycles. The number of fused-ring (bicyclic) bond motifs is 1. The Labute approximate surface area is 185 Å². The molecule has 7 heteroatoms. The number of ether oxygens (including phenoxy) is 1. The number of amides is 2. The minimum absolute atomic E-state index is 0.0524. The van der Waals surface area contributed by atoms with Crippen LogP contribution in [0.5, 0.6) is 5.75 Å². The van der Waals surface area contributed by atoms with Crippen molar-refractivity contribution >= 4 is 34.2 Å². The molecule has 158 valence electrons. The van der Waals surface area contributed by atoms with Gasteiger partial charge in [-0.1, -0.05) is 35.9 Å². The van der Waals surface area contributed by atoms with Crippen LogP contribution in [0.25, 0.3) is 10.8 Å². The molecule has 0 unspecified atom stereocenters. The van der Waals surface area contributed by atoms with E-state index in [-0.39, 0.29) is 29.5 Å². The molecule has 2 aromatic carbocycles. The molecule has 3 saturated carbocycles. The molecule has 6 nitrogen and oxygen atoms in total. The number of nitrogens with zero attached hydrogens (tertiary/aromatic N) is 1. The zero-order chi connectivity index (χ0) is 21.6. The van der Waals surface area contributed by atoms with Crippen molar-refractivity contribution in [2.24, 2.45) is 0 Å².